The number of hydrogen-bond donors (Lipinski definition) is 0. The lowest BCUT2D eigenvalue weighted by Crippen LogP contribution is -2.49. The first kappa shape index (κ1) is 19.0. The first-order valence-electron chi connectivity index (χ1n) is 11.0. The third-order valence-electron chi connectivity index (χ3n) is 6.49. The van der Waals surface area contributed by atoms with Crippen molar-refractivity contribution in [1.82, 2.24) is 19.8 Å². The highest BCUT2D eigenvalue weighted by Gasteiger charge is 2.22. The van der Waals surface area contributed by atoms with E-state index in [0.29, 0.717) is 6.10 Å². The van der Waals surface area contributed by atoms with Gasteiger partial charge in [-0.1, -0.05) is 0 Å². The van der Waals surface area contributed by atoms with E-state index in [1.807, 2.05) is 0 Å². The van der Waals surface area contributed by atoms with E-state index in [2.05, 4.69) is 42.9 Å². The fourth-order valence-electron chi connectivity index (χ4n) is 4.30. The number of hydrogen-bond acceptors (Lipinski definition) is 7. The van der Waals surface area contributed by atoms with Crippen LogP contribution < -0.4 is 9.64 Å². The molecule has 156 valence electrons. The summed E-state index contributed by atoms with van der Waals surface area (Å²) in [6, 6.07) is 6.50. The van der Waals surface area contributed by atoms with Gasteiger partial charge in [-0.2, -0.15) is 0 Å². The summed E-state index contributed by atoms with van der Waals surface area (Å²) in [5.74, 6) is 0.741. The lowest BCUT2D eigenvalue weighted by molar-refractivity contribution is 0.0331. The highest BCUT2D eigenvalue weighted by atomic mass is 16.5. The first-order chi connectivity index (χ1) is 14.3. The third-order valence-corrected chi connectivity index (χ3v) is 6.49. The molecular weight excluding hydrogens is 366 g/mol. The molecule has 2 aliphatic heterocycles. The third kappa shape index (κ3) is 4.47. The number of benzene rings is 1. The Labute approximate surface area is 172 Å². The molecule has 3 fully saturated rings. The molecule has 0 radical (unpaired) electrons. The van der Waals surface area contributed by atoms with Crippen molar-refractivity contribution in [2.75, 3.05) is 70.5 Å². The molecule has 3 aliphatic rings. The number of anilines is 1. The van der Waals surface area contributed by atoms with Gasteiger partial charge in [-0.3, -0.25) is 9.80 Å². The zero-order valence-electron chi connectivity index (χ0n) is 17.1. The SMILES string of the molecule is c1nc(OC2CCC2)c2cc(N3CCN(CCN4CCOCC4)CC3)ccc2n1. The number of piperazine rings is 1. The largest absolute Gasteiger partial charge is 0.474 e. The lowest BCUT2D eigenvalue weighted by Gasteiger charge is -2.37. The number of fused-ring (bicyclic) bond motifs is 1. The van der Waals surface area contributed by atoms with Gasteiger partial charge in [0.25, 0.3) is 0 Å². The zero-order valence-corrected chi connectivity index (χ0v) is 17.1. The van der Waals surface area contributed by atoms with Crippen molar-refractivity contribution in [3.05, 3.63) is 24.5 Å². The molecule has 7 heteroatoms. The Balaban J connectivity index is 1.20. The van der Waals surface area contributed by atoms with Crippen molar-refractivity contribution in [2.45, 2.75) is 25.4 Å². The van der Waals surface area contributed by atoms with Gasteiger partial charge in [0.15, 0.2) is 0 Å². The summed E-state index contributed by atoms with van der Waals surface area (Å²) in [5.41, 5.74) is 2.21. The molecule has 2 saturated heterocycles. The van der Waals surface area contributed by atoms with Gasteiger partial charge in [-0.05, 0) is 37.5 Å². The quantitative estimate of drug-likeness (QED) is 0.739. The van der Waals surface area contributed by atoms with E-state index in [1.54, 1.807) is 6.33 Å². The minimum absolute atomic E-state index is 0.326. The van der Waals surface area contributed by atoms with Gasteiger partial charge in [0.1, 0.15) is 12.4 Å². The lowest BCUT2D eigenvalue weighted by atomic mass is 9.96. The molecule has 0 bridgehead atoms. The van der Waals surface area contributed by atoms with E-state index in [-0.39, 0.29) is 0 Å². The topological polar surface area (TPSA) is 54.0 Å². The van der Waals surface area contributed by atoms with Crippen LogP contribution in [0.3, 0.4) is 0 Å². The van der Waals surface area contributed by atoms with E-state index >= 15 is 0 Å². The summed E-state index contributed by atoms with van der Waals surface area (Å²) in [6.07, 6.45) is 5.47. The molecular formula is C22H31N5O2. The Morgan fingerprint density at radius 2 is 1.69 bits per heavy atom. The Kier molecular flexibility index (Phi) is 5.78. The number of morpholine rings is 1. The molecule has 1 aromatic carbocycles. The molecule has 0 spiro atoms. The van der Waals surface area contributed by atoms with Crippen molar-refractivity contribution in [3.63, 3.8) is 0 Å². The summed E-state index contributed by atoms with van der Waals surface area (Å²) in [7, 11) is 0. The van der Waals surface area contributed by atoms with Gasteiger partial charge in [0.05, 0.1) is 24.1 Å². The van der Waals surface area contributed by atoms with Crippen LogP contribution in [0.1, 0.15) is 19.3 Å². The summed E-state index contributed by atoms with van der Waals surface area (Å²) < 4.78 is 11.6. The van der Waals surface area contributed by atoms with Crippen LogP contribution in [0.15, 0.2) is 24.5 Å². The normalized spacial score (nSPS) is 22.0. The fourth-order valence-corrected chi connectivity index (χ4v) is 4.30. The maximum Gasteiger partial charge on any atom is 0.224 e. The Morgan fingerprint density at radius 3 is 2.41 bits per heavy atom. The summed E-state index contributed by atoms with van der Waals surface area (Å²) in [4.78, 5) is 16.4. The molecule has 7 nitrogen and oxygen atoms in total. The standard InChI is InChI=1S/C22H31N5O2/c1-2-19(3-1)29-22-20-16-18(4-5-21(20)23-17-24-22)27-10-8-25(9-11-27)6-7-26-12-14-28-15-13-26/h4-5,16-17,19H,1-3,6-15H2. The van der Waals surface area contributed by atoms with Crippen LogP contribution in [0.5, 0.6) is 5.88 Å². The van der Waals surface area contributed by atoms with Crippen LogP contribution in [-0.2, 0) is 4.74 Å². The number of nitrogens with zero attached hydrogens (tertiary/aromatic N) is 5. The van der Waals surface area contributed by atoms with Gasteiger partial charge in [-0.15, -0.1) is 0 Å². The zero-order chi connectivity index (χ0) is 19.5. The molecule has 1 saturated carbocycles. The van der Waals surface area contributed by atoms with Crippen molar-refractivity contribution in [1.29, 1.82) is 0 Å². The minimum atomic E-state index is 0.326. The number of ether oxygens (including phenoxy) is 2. The maximum absolute atomic E-state index is 6.12. The number of rotatable bonds is 6. The predicted molar refractivity (Wildman–Crippen MR) is 114 cm³/mol. The molecule has 5 rings (SSSR count). The van der Waals surface area contributed by atoms with E-state index in [9.17, 15) is 0 Å². The Morgan fingerprint density at radius 1 is 0.931 bits per heavy atom. The first-order valence-corrected chi connectivity index (χ1v) is 11.0. The van der Waals surface area contributed by atoms with Crippen molar-refractivity contribution in [3.8, 4) is 5.88 Å². The van der Waals surface area contributed by atoms with Crippen LogP contribution in [-0.4, -0.2) is 91.4 Å². The Hall–Kier alpha value is -1.96. The van der Waals surface area contributed by atoms with Gasteiger partial charge in [-0.25, -0.2) is 9.97 Å². The second-order valence-corrected chi connectivity index (χ2v) is 8.33. The van der Waals surface area contributed by atoms with Crippen molar-refractivity contribution in [2.24, 2.45) is 0 Å². The van der Waals surface area contributed by atoms with Crippen LogP contribution >= 0.6 is 0 Å². The van der Waals surface area contributed by atoms with Crippen molar-refractivity contribution >= 4 is 16.6 Å². The van der Waals surface area contributed by atoms with Crippen molar-refractivity contribution < 1.29 is 9.47 Å². The van der Waals surface area contributed by atoms with Crippen LogP contribution in [0, 0.1) is 0 Å². The van der Waals surface area contributed by atoms with Gasteiger partial charge in [0.2, 0.25) is 5.88 Å². The monoisotopic (exact) mass is 397 g/mol. The molecule has 29 heavy (non-hydrogen) atoms. The molecule has 0 N–H and O–H groups in total. The highest BCUT2D eigenvalue weighted by Crippen LogP contribution is 2.31. The smallest absolute Gasteiger partial charge is 0.224 e. The van der Waals surface area contributed by atoms with Gasteiger partial charge < -0.3 is 14.4 Å². The molecule has 3 heterocycles. The van der Waals surface area contributed by atoms with Gasteiger partial charge in [0, 0.05) is 58.0 Å². The number of aromatic nitrogens is 2. The summed E-state index contributed by atoms with van der Waals surface area (Å²) in [6.45, 7) is 10.5. The van der Waals surface area contributed by atoms with E-state index in [4.69, 9.17) is 9.47 Å². The van der Waals surface area contributed by atoms with E-state index < -0.39 is 0 Å². The average molecular weight is 398 g/mol. The Bertz CT molecular complexity index is 814. The molecule has 2 aromatic rings. The highest BCUT2D eigenvalue weighted by molar-refractivity contribution is 5.86. The maximum atomic E-state index is 6.12. The second-order valence-electron chi connectivity index (χ2n) is 8.33. The van der Waals surface area contributed by atoms with E-state index in [0.717, 1.165) is 95.2 Å². The molecule has 1 aromatic heterocycles. The van der Waals surface area contributed by atoms with E-state index in [1.165, 1.54) is 12.1 Å². The summed E-state index contributed by atoms with van der Waals surface area (Å²) in [5, 5.41) is 1.03. The molecule has 1 aliphatic carbocycles. The fraction of sp³-hybridized carbons (Fsp3) is 0.636. The second kappa shape index (κ2) is 8.81. The molecule has 0 amide bonds. The predicted octanol–water partition coefficient (Wildman–Crippen LogP) is 2.02. The molecule has 0 unspecified atom stereocenters. The average Bonchev–Trinajstić information content (AvgIpc) is 2.75. The van der Waals surface area contributed by atoms with Gasteiger partial charge >= 0.3 is 0 Å². The van der Waals surface area contributed by atoms with Crippen LogP contribution in [0.4, 0.5) is 5.69 Å². The van der Waals surface area contributed by atoms with Crippen LogP contribution in [0.25, 0.3) is 10.9 Å². The minimum Gasteiger partial charge on any atom is -0.474 e. The molecule has 0 atom stereocenters. The summed E-state index contributed by atoms with van der Waals surface area (Å²) >= 11 is 0. The van der Waals surface area contributed by atoms with Crippen LogP contribution in [0.2, 0.25) is 0 Å².